The number of hydrogen-bond acceptors (Lipinski definition) is 8. The Balaban J connectivity index is 2.00. The molecule has 0 spiro atoms. The number of carbonyl (C=O) groups excluding carboxylic acids is 1. The number of para-hydroxylation sites is 1. The van der Waals surface area contributed by atoms with Crippen LogP contribution in [0.3, 0.4) is 0 Å². The van der Waals surface area contributed by atoms with Crippen molar-refractivity contribution >= 4 is 23.4 Å². The van der Waals surface area contributed by atoms with Crippen LogP contribution >= 0.6 is 11.3 Å². The smallest absolute Gasteiger partial charge is 0.338 e. The normalized spacial score (nSPS) is 15.3. The van der Waals surface area contributed by atoms with Crippen LogP contribution in [0.4, 0.5) is 0 Å². The van der Waals surface area contributed by atoms with Gasteiger partial charge in [-0.15, -0.1) is 0 Å². The van der Waals surface area contributed by atoms with Crippen LogP contribution in [0.1, 0.15) is 31.0 Å². The Bertz CT molecular complexity index is 1480. The van der Waals surface area contributed by atoms with E-state index in [2.05, 4.69) is 4.99 Å². The molecule has 0 aliphatic carbocycles. The molecule has 1 aliphatic heterocycles. The van der Waals surface area contributed by atoms with Gasteiger partial charge in [-0.3, -0.25) is 9.36 Å². The van der Waals surface area contributed by atoms with E-state index in [0.29, 0.717) is 49.0 Å². The first kappa shape index (κ1) is 24.3. The maximum Gasteiger partial charge on any atom is 0.338 e. The zero-order chi connectivity index (χ0) is 25.1. The Labute approximate surface area is 206 Å². The van der Waals surface area contributed by atoms with Crippen molar-refractivity contribution in [1.29, 1.82) is 0 Å². The van der Waals surface area contributed by atoms with Gasteiger partial charge in [0, 0.05) is 11.1 Å². The molecule has 0 saturated heterocycles. The average Bonchev–Trinajstić information content (AvgIpc) is 3.17. The van der Waals surface area contributed by atoms with Gasteiger partial charge in [-0.25, -0.2) is 9.79 Å². The second-order valence-corrected chi connectivity index (χ2v) is 8.66. The average molecular weight is 495 g/mol. The lowest BCUT2D eigenvalue weighted by molar-refractivity contribution is -0.139. The first-order valence-corrected chi connectivity index (χ1v) is 11.8. The number of aromatic nitrogens is 1. The maximum atomic E-state index is 13.8. The molecule has 8 nitrogen and oxygen atoms in total. The van der Waals surface area contributed by atoms with Crippen molar-refractivity contribution in [2.75, 3.05) is 27.9 Å². The van der Waals surface area contributed by atoms with Crippen molar-refractivity contribution in [1.82, 2.24) is 4.57 Å². The monoisotopic (exact) mass is 494 g/mol. The van der Waals surface area contributed by atoms with Crippen LogP contribution < -0.4 is 29.1 Å². The summed E-state index contributed by atoms with van der Waals surface area (Å²) in [6.07, 6.45) is 1.74. The van der Waals surface area contributed by atoms with Crippen molar-refractivity contribution in [3.63, 3.8) is 0 Å². The molecule has 4 rings (SSSR count). The van der Waals surface area contributed by atoms with Crippen LogP contribution in [-0.4, -0.2) is 38.5 Å². The molecule has 0 amide bonds. The maximum absolute atomic E-state index is 13.8. The zero-order valence-electron chi connectivity index (χ0n) is 20.2. The molecule has 1 atom stereocenters. The first-order valence-electron chi connectivity index (χ1n) is 11.0. The van der Waals surface area contributed by atoms with E-state index >= 15 is 0 Å². The molecule has 182 valence electrons. The Morgan fingerprint density at radius 3 is 2.51 bits per heavy atom. The molecule has 0 radical (unpaired) electrons. The fourth-order valence-corrected chi connectivity index (χ4v) is 5.11. The van der Waals surface area contributed by atoms with Crippen LogP contribution in [0.25, 0.3) is 6.08 Å². The number of hydrogen-bond donors (Lipinski definition) is 0. The van der Waals surface area contributed by atoms with Crippen LogP contribution in [0.15, 0.2) is 63.5 Å². The Kier molecular flexibility index (Phi) is 7.07. The summed E-state index contributed by atoms with van der Waals surface area (Å²) in [5.41, 5.74) is 1.86. The van der Waals surface area contributed by atoms with E-state index in [0.717, 1.165) is 0 Å². The van der Waals surface area contributed by atoms with E-state index in [1.807, 2.05) is 18.2 Å². The van der Waals surface area contributed by atoms with E-state index in [-0.39, 0.29) is 12.2 Å². The molecule has 35 heavy (non-hydrogen) atoms. The minimum Gasteiger partial charge on any atom is -0.497 e. The van der Waals surface area contributed by atoms with Crippen LogP contribution in [0, 0.1) is 0 Å². The second-order valence-electron chi connectivity index (χ2n) is 7.65. The van der Waals surface area contributed by atoms with Crippen LogP contribution in [0.5, 0.6) is 17.2 Å². The van der Waals surface area contributed by atoms with E-state index in [1.165, 1.54) is 15.9 Å². The van der Waals surface area contributed by atoms with Gasteiger partial charge in [0.15, 0.2) is 4.80 Å². The zero-order valence-corrected chi connectivity index (χ0v) is 21.0. The number of methoxy groups -OCH3 is 3. The lowest BCUT2D eigenvalue weighted by Crippen LogP contribution is -2.40. The number of benzene rings is 2. The summed E-state index contributed by atoms with van der Waals surface area (Å²) in [5.74, 6) is 1.27. The standard InChI is InChI=1S/C26H26N2O6S/c1-6-34-25(30)22-15(2)27-26-28(23(22)18-9-7-8-10-20(18)33-5)24(29)21(35-26)14-16-13-17(31-3)11-12-19(16)32-4/h7-14,23H,6H2,1-5H3. The topological polar surface area (TPSA) is 88.4 Å². The molecule has 1 unspecified atom stereocenters. The highest BCUT2D eigenvalue weighted by Gasteiger charge is 2.34. The van der Waals surface area contributed by atoms with Gasteiger partial charge in [0.25, 0.3) is 5.56 Å². The van der Waals surface area contributed by atoms with E-state index < -0.39 is 12.0 Å². The number of esters is 1. The predicted octanol–water partition coefficient (Wildman–Crippen LogP) is 2.82. The van der Waals surface area contributed by atoms with Gasteiger partial charge in [-0.2, -0.15) is 0 Å². The Morgan fingerprint density at radius 2 is 1.83 bits per heavy atom. The van der Waals surface area contributed by atoms with Crippen molar-refractivity contribution in [3.8, 4) is 17.2 Å². The lowest BCUT2D eigenvalue weighted by Gasteiger charge is -2.25. The molecule has 2 heterocycles. The van der Waals surface area contributed by atoms with E-state index in [4.69, 9.17) is 18.9 Å². The molecular weight excluding hydrogens is 468 g/mol. The number of carbonyl (C=O) groups is 1. The first-order chi connectivity index (χ1) is 16.9. The summed E-state index contributed by atoms with van der Waals surface area (Å²) >= 11 is 1.24. The van der Waals surface area contributed by atoms with Gasteiger partial charge in [-0.05, 0) is 44.2 Å². The van der Waals surface area contributed by atoms with Gasteiger partial charge in [0.2, 0.25) is 0 Å². The molecule has 1 aromatic heterocycles. The fourth-order valence-electron chi connectivity index (χ4n) is 4.07. The predicted molar refractivity (Wildman–Crippen MR) is 133 cm³/mol. The second kappa shape index (κ2) is 10.2. The summed E-state index contributed by atoms with van der Waals surface area (Å²) in [5, 5.41) is 0. The van der Waals surface area contributed by atoms with Crippen molar-refractivity contribution in [3.05, 3.63) is 84.5 Å². The third-order valence-electron chi connectivity index (χ3n) is 5.67. The summed E-state index contributed by atoms with van der Waals surface area (Å²) in [4.78, 5) is 31.9. The van der Waals surface area contributed by atoms with Gasteiger partial charge >= 0.3 is 5.97 Å². The molecule has 0 fully saturated rings. The highest BCUT2D eigenvalue weighted by atomic mass is 32.1. The highest BCUT2D eigenvalue weighted by molar-refractivity contribution is 7.07. The molecule has 0 N–H and O–H groups in total. The number of nitrogens with zero attached hydrogens (tertiary/aromatic N) is 2. The van der Waals surface area contributed by atoms with Crippen LogP contribution in [-0.2, 0) is 9.53 Å². The van der Waals surface area contributed by atoms with Gasteiger partial charge < -0.3 is 18.9 Å². The Hall–Kier alpha value is -3.85. The highest BCUT2D eigenvalue weighted by Crippen LogP contribution is 2.35. The summed E-state index contributed by atoms with van der Waals surface area (Å²) in [6, 6.07) is 11.9. The molecule has 2 aromatic carbocycles. The van der Waals surface area contributed by atoms with Gasteiger partial charge in [0.05, 0.1) is 43.7 Å². The number of allylic oxidation sites excluding steroid dienone is 1. The number of fused-ring (bicyclic) bond motifs is 1. The van der Waals surface area contributed by atoms with Crippen LogP contribution in [0.2, 0.25) is 0 Å². The number of rotatable bonds is 7. The molecule has 0 saturated carbocycles. The van der Waals surface area contributed by atoms with E-state index in [1.54, 1.807) is 65.5 Å². The molecule has 0 bridgehead atoms. The quantitative estimate of drug-likeness (QED) is 0.470. The summed E-state index contributed by atoms with van der Waals surface area (Å²) in [7, 11) is 4.70. The van der Waals surface area contributed by atoms with Crippen molar-refractivity contribution < 1.29 is 23.7 Å². The Morgan fingerprint density at radius 1 is 1.09 bits per heavy atom. The number of ether oxygens (including phenoxy) is 4. The molecule has 9 heteroatoms. The van der Waals surface area contributed by atoms with Crippen molar-refractivity contribution in [2.45, 2.75) is 19.9 Å². The molecular formula is C26H26N2O6S. The lowest BCUT2D eigenvalue weighted by atomic mass is 9.95. The number of thiazole rings is 1. The fraction of sp³-hybridized carbons (Fsp3) is 0.269. The van der Waals surface area contributed by atoms with Gasteiger partial charge in [-0.1, -0.05) is 29.5 Å². The third kappa shape index (κ3) is 4.46. The van der Waals surface area contributed by atoms with E-state index in [9.17, 15) is 9.59 Å². The minimum atomic E-state index is -0.754. The largest absolute Gasteiger partial charge is 0.497 e. The van der Waals surface area contributed by atoms with Crippen molar-refractivity contribution in [2.24, 2.45) is 4.99 Å². The molecule has 3 aromatic rings. The van der Waals surface area contributed by atoms with Gasteiger partial charge in [0.1, 0.15) is 23.3 Å². The summed E-state index contributed by atoms with van der Waals surface area (Å²) < 4.78 is 23.7. The minimum absolute atomic E-state index is 0.203. The summed E-state index contributed by atoms with van der Waals surface area (Å²) in [6.45, 7) is 3.69. The molecule has 1 aliphatic rings. The third-order valence-corrected chi connectivity index (χ3v) is 6.66. The SMILES string of the molecule is CCOC(=O)C1=C(C)N=c2sc(=Cc3cc(OC)ccc3OC)c(=O)n2C1c1ccccc1OC.